The molecule has 0 saturated carbocycles. The summed E-state index contributed by atoms with van der Waals surface area (Å²) in [6.07, 6.45) is 4.28. The molecule has 1 aliphatic carbocycles. The van der Waals surface area contributed by atoms with Gasteiger partial charge in [-0.05, 0) is 53.8 Å². The van der Waals surface area contributed by atoms with Crippen LogP contribution in [0.1, 0.15) is 17.5 Å². The molecule has 0 aliphatic heterocycles. The van der Waals surface area contributed by atoms with Crippen LogP contribution in [0.2, 0.25) is 0 Å². The molecule has 1 nitrogen and oxygen atoms in total. The smallest absolute Gasteiger partial charge is 0.137 e. The van der Waals surface area contributed by atoms with E-state index in [1.54, 1.807) is 6.07 Å². The van der Waals surface area contributed by atoms with Crippen LogP contribution in [0.4, 0.5) is 4.39 Å². The SMILES string of the molecule is NCC1=CCCc2cc(Sc3ccccc3F)ccc21. The van der Waals surface area contributed by atoms with Gasteiger partial charge in [0.2, 0.25) is 0 Å². The van der Waals surface area contributed by atoms with Gasteiger partial charge in [0, 0.05) is 16.3 Å². The van der Waals surface area contributed by atoms with Crippen molar-refractivity contribution in [2.45, 2.75) is 22.6 Å². The molecule has 20 heavy (non-hydrogen) atoms. The van der Waals surface area contributed by atoms with Crippen molar-refractivity contribution in [3.63, 3.8) is 0 Å². The van der Waals surface area contributed by atoms with E-state index in [-0.39, 0.29) is 5.82 Å². The Morgan fingerprint density at radius 3 is 2.80 bits per heavy atom. The number of halogens is 1. The van der Waals surface area contributed by atoms with Crippen LogP contribution in [-0.2, 0) is 6.42 Å². The first kappa shape index (κ1) is 13.4. The molecule has 0 aromatic heterocycles. The van der Waals surface area contributed by atoms with Crippen molar-refractivity contribution < 1.29 is 4.39 Å². The van der Waals surface area contributed by atoms with Crippen molar-refractivity contribution >= 4 is 17.3 Å². The molecule has 0 amide bonds. The van der Waals surface area contributed by atoms with Gasteiger partial charge in [-0.2, -0.15) is 0 Å². The van der Waals surface area contributed by atoms with E-state index in [9.17, 15) is 4.39 Å². The van der Waals surface area contributed by atoms with Crippen LogP contribution in [-0.4, -0.2) is 6.54 Å². The molecule has 0 heterocycles. The summed E-state index contributed by atoms with van der Waals surface area (Å²) in [6, 6.07) is 13.2. The highest BCUT2D eigenvalue weighted by molar-refractivity contribution is 7.99. The summed E-state index contributed by atoms with van der Waals surface area (Å²) in [6.45, 7) is 0.576. The summed E-state index contributed by atoms with van der Waals surface area (Å²) in [7, 11) is 0. The van der Waals surface area contributed by atoms with E-state index in [0.29, 0.717) is 11.4 Å². The number of hydrogen-bond acceptors (Lipinski definition) is 2. The van der Waals surface area contributed by atoms with E-state index in [0.717, 1.165) is 17.7 Å². The number of rotatable bonds is 3. The fraction of sp³-hybridized carbons (Fsp3) is 0.176. The van der Waals surface area contributed by atoms with Gasteiger partial charge < -0.3 is 5.73 Å². The summed E-state index contributed by atoms with van der Waals surface area (Å²) < 4.78 is 13.7. The fourth-order valence-corrected chi connectivity index (χ4v) is 3.42. The molecule has 2 N–H and O–H groups in total. The van der Waals surface area contributed by atoms with E-state index in [1.807, 2.05) is 18.2 Å². The second kappa shape index (κ2) is 5.81. The highest BCUT2D eigenvalue weighted by Crippen LogP contribution is 2.34. The van der Waals surface area contributed by atoms with E-state index in [1.165, 1.54) is 34.5 Å². The minimum atomic E-state index is -0.169. The first-order valence-electron chi connectivity index (χ1n) is 6.72. The molecular weight excluding hydrogens is 269 g/mol. The molecule has 0 spiro atoms. The maximum atomic E-state index is 13.7. The lowest BCUT2D eigenvalue weighted by Crippen LogP contribution is -2.08. The molecule has 0 fully saturated rings. The van der Waals surface area contributed by atoms with Crippen LogP contribution >= 0.6 is 11.8 Å². The van der Waals surface area contributed by atoms with Crippen molar-refractivity contribution in [2.75, 3.05) is 6.54 Å². The average Bonchev–Trinajstić information content (AvgIpc) is 2.49. The third-order valence-corrected chi connectivity index (χ3v) is 4.55. The second-order valence-corrected chi connectivity index (χ2v) is 5.94. The van der Waals surface area contributed by atoms with Gasteiger partial charge in [-0.1, -0.05) is 36.0 Å². The van der Waals surface area contributed by atoms with Crippen LogP contribution in [0.15, 0.2) is 58.3 Å². The van der Waals surface area contributed by atoms with Gasteiger partial charge >= 0.3 is 0 Å². The highest BCUT2D eigenvalue weighted by Gasteiger charge is 2.12. The lowest BCUT2D eigenvalue weighted by molar-refractivity contribution is 0.602. The van der Waals surface area contributed by atoms with Crippen molar-refractivity contribution in [2.24, 2.45) is 5.73 Å². The number of nitrogens with two attached hydrogens (primary N) is 1. The van der Waals surface area contributed by atoms with Gasteiger partial charge in [0.15, 0.2) is 0 Å². The molecule has 0 bridgehead atoms. The van der Waals surface area contributed by atoms with Crippen LogP contribution in [0.3, 0.4) is 0 Å². The predicted octanol–water partition coefficient (Wildman–Crippen LogP) is 4.27. The minimum Gasteiger partial charge on any atom is -0.326 e. The van der Waals surface area contributed by atoms with E-state index in [4.69, 9.17) is 5.73 Å². The molecule has 0 radical (unpaired) electrons. The van der Waals surface area contributed by atoms with Crippen LogP contribution in [0, 0.1) is 5.82 Å². The second-order valence-electron chi connectivity index (χ2n) is 4.82. The Labute approximate surface area is 122 Å². The zero-order valence-electron chi connectivity index (χ0n) is 11.1. The molecule has 0 unspecified atom stereocenters. The molecule has 0 saturated heterocycles. The third kappa shape index (κ3) is 2.65. The first-order chi connectivity index (χ1) is 9.78. The monoisotopic (exact) mass is 285 g/mol. The van der Waals surface area contributed by atoms with Gasteiger partial charge in [-0.15, -0.1) is 0 Å². The molecule has 3 rings (SSSR count). The Bertz CT molecular complexity index is 664. The summed E-state index contributed by atoms with van der Waals surface area (Å²) in [5.74, 6) is -0.169. The normalized spacial score (nSPS) is 13.8. The van der Waals surface area contributed by atoms with Crippen molar-refractivity contribution in [1.82, 2.24) is 0 Å². The van der Waals surface area contributed by atoms with E-state index >= 15 is 0 Å². The maximum absolute atomic E-state index is 13.7. The van der Waals surface area contributed by atoms with Crippen molar-refractivity contribution in [1.29, 1.82) is 0 Å². The van der Waals surface area contributed by atoms with Gasteiger partial charge in [0.25, 0.3) is 0 Å². The first-order valence-corrected chi connectivity index (χ1v) is 7.54. The van der Waals surface area contributed by atoms with Crippen LogP contribution < -0.4 is 5.73 Å². The van der Waals surface area contributed by atoms with Crippen molar-refractivity contribution in [3.05, 3.63) is 65.5 Å². The lowest BCUT2D eigenvalue weighted by atomic mass is 9.91. The molecule has 2 aromatic rings. The summed E-state index contributed by atoms with van der Waals surface area (Å²) in [4.78, 5) is 1.74. The van der Waals surface area contributed by atoms with Crippen LogP contribution in [0.25, 0.3) is 5.57 Å². The minimum absolute atomic E-state index is 0.169. The standard InChI is InChI=1S/C17H16FNS/c18-16-6-1-2-7-17(16)20-14-8-9-15-12(10-14)4-3-5-13(15)11-19/h1-2,5-10H,3-4,11,19H2. The Morgan fingerprint density at radius 2 is 2.00 bits per heavy atom. The molecule has 3 heteroatoms. The van der Waals surface area contributed by atoms with E-state index in [2.05, 4.69) is 18.2 Å². The van der Waals surface area contributed by atoms with Gasteiger partial charge in [-0.25, -0.2) is 4.39 Å². The Hall–Kier alpha value is -1.58. The molecule has 102 valence electrons. The van der Waals surface area contributed by atoms with Gasteiger partial charge in [0.05, 0.1) is 0 Å². The predicted molar refractivity (Wildman–Crippen MR) is 82.3 cm³/mol. The number of benzene rings is 2. The zero-order valence-corrected chi connectivity index (χ0v) is 11.9. The maximum Gasteiger partial charge on any atom is 0.137 e. The molecule has 1 aliphatic rings. The zero-order chi connectivity index (χ0) is 13.9. The Morgan fingerprint density at radius 1 is 1.15 bits per heavy atom. The molecular formula is C17H16FNS. The number of hydrogen-bond donors (Lipinski definition) is 1. The molecule has 2 aromatic carbocycles. The Kier molecular flexibility index (Phi) is 3.90. The lowest BCUT2D eigenvalue weighted by Gasteiger charge is -2.17. The van der Waals surface area contributed by atoms with Gasteiger partial charge in [0.1, 0.15) is 5.82 Å². The molecule has 0 atom stereocenters. The fourth-order valence-electron chi connectivity index (χ4n) is 2.51. The van der Waals surface area contributed by atoms with Gasteiger partial charge in [-0.3, -0.25) is 0 Å². The highest BCUT2D eigenvalue weighted by atomic mass is 32.2. The average molecular weight is 285 g/mol. The quantitative estimate of drug-likeness (QED) is 0.911. The topological polar surface area (TPSA) is 26.0 Å². The number of allylic oxidation sites excluding steroid dienone is 1. The largest absolute Gasteiger partial charge is 0.326 e. The summed E-state index contributed by atoms with van der Waals surface area (Å²) in [5, 5.41) is 0. The number of aryl methyl sites for hydroxylation is 1. The van der Waals surface area contributed by atoms with Crippen LogP contribution in [0.5, 0.6) is 0 Å². The van der Waals surface area contributed by atoms with Crippen molar-refractivity contribution in [3.8, 4) is 0 Å². The number of fused-ring (bicyclic) bond motifs is 1. The summed E-state index contributed by atoms with van der Waals surface area (Å²) >= 11 is 1.47. The summed E-state index contributed by atoms with van der Waals surface area (Å²) in [5.41, 5.74) is 9.55. The Balaban J connectivity index is 1.90. The van der Waals surface area contributed by atoms with E-state index < -0.39 is 0 Å². The third-order valence-electron chi connectivity index (χ3n) is 3.51.